The highest BCUT2D eigenvalue weighted by Crippen LogP contribution is 2.46. The van der Waals surface area contributed by atoms with E-state index in [1.165, 1.54) is 0 Å². The van der Waals surface area contributed by atoms with Gasteiger partial charge in [0, 0.05) is 40.0 Å². The fraction of sp³-hybridized carbons (Fsp3) is 0.900. The van der Waals surface area contributed by atoms with E-state index in [0.29, 0.717) is 18.2 Å². The molecule has 1 unspecified atom stereocenters. The number of ether oxygens (including phenoxy) is 1. The van der Waals surface area contributed by atoms with Crippen LogP contribution in [0.2, 0.25) is 0 Å². The topological polar surface area (TPSA) is 58.6 Å². The molecule has 2 fully saturated rings. The predicted octanol–water partition coefficient (Wildman–Crippen LogP) is 4.05. The summed E-state index contributed by atoms with van der Waals surface area (Å²) in [4.78, 5) is 27.3. The van der Waals surface area contributed by atoms with Crippen molar-refractivity contribution in [1.29, 1.82) is 0 Å². The molecule has 2 aliphatic heterocycles. The molecule has 2 rings (SSSR count). The third kappa shape index (κ3) is 6.20. The molecule has 1 amide bonds. The Balaban J connectivity index is 1.85. The van der Waals surface area contributed by atoms with Gasteiger partial charge in [0.2, 0.25) is 5.91 Å². The number of carbonyl (C=O) groups excluding carboxylic acids is 2. The lowest BCUT2D eigenvalue weighted by atomic mass is 9.84. The highest BCUT2D eigenvalue weighted by Gasteiger charge is 2.37. The smallest absolute Gasteiger partial charge is 0.326 e. The van der Waals surface area contributed by atoms with Crippen molar-refractivity contribution in [2.45, 2.75) is 72.4 Å². The van der Waals surface area contributed by atoms with Crippen LogP contribution in [-0.2, 0) is 9.53 Å². The van der Waals surface area contributed by atoms with Gasteiger partial charge in [-0.3, -0.25) is 4.79 Å². The van der Waals surface area contributed by atoms with Gasteiger partial charge in [0.25, 0.3) is 0 Å². The highest BCUT2D eigenvalue weighted by atomic mass is 31.1. The Morgan fingerprint density at radius 2 is 1.73 bits per heavy atom. The molecule has 150 valence electrons. The maximum absolute atomic E-state index is 12.9. The number of hydrogen-bond acceptors (Lipinski definition) is 4. The summed E-state index contributed by atoms with van der Waals surface area (Å²) in [6.07, 6.45) is 4.40. The molecule has 0 aromatic carbocycles. The lowest BCUT2D eigenvalue weighted by Gasteiger charge is -2.44. The molecule has 26 heavy (non-hydrogen) atoms. The first-order chi connectivity index (χ1) is 12.0. The molecule has 0 aromatic rings. The monoisotopic (exact) mass is 384 g/mol. The van der Waals surface area contributed by atoms with Crippen LogP contribution in [0.3, 0.4) is 0 Å². The Labute approximate surface area is 160 Å². The number of piperazine rings is 1. The molecule has 0 aliphatic carbocycles. The lowest BCUT2D eigenvalue weighted by molar-refractivity contribution is -0.138. The predicted molar refractivity (Wildman–Crippen MR) is 108 cm³/mol. The van der Waals surface area contributed by atoms with Gasteiger partial charge in [-0.1, -0.05) is 20.8 Å². The minimum absolute atomic E-state index is 0.00724. The summed E-state index contributed by atoms with van der Waals surface area (Å²) in [5, 5.41) is 3.42. The molecule has 2 aliphatic rings. The maximum atomic E-state index is 12.9. The van der Waals surface area contributed by atoms with Crippen molar-refractivity contribution in [3.8, 4) is 0 Å². The van der Waals surface area contributed by atoms with Gasteiger partial charge in [-0.15, -0.1) is 0 Å². The van der Waals surface area contributed by atoms with Crippen LogP contribution in [0.5, 0.6) is 0 Å². The zero-order valence-corrected chi connectivity index (χ0v) is 18.3. The average Bonchev–Trinajstić information content (AvgIpc) is 2.53. The summed E-state index contributed by atoms with van der Waals surface area (Å²) in [6, 6.07) is 0.256. The van der Waals surface area contributed by atoms with Gasteiger partial charge in [-0.05, 0) is 57.3 Å². The molecule has 2 heterocycles. The third-order valence-electron chi connectivity index (χ3n) is 5.29. The summed E-state index contributed by atoms with van der Waals surface area (Å²) in [7, 11) is -0.687. The second kappa shape index (κ2) is 8.56. The van der Waals surface area contributed by atoms with Crippen LogP contribution in [0.25, 0.3) is 0 Å². The second-order valence-electron chi connectivity index (χ2n) is 9.79. The van der Waals surface area contributed by atoms with Crippen LogP contribution in [0.1, 0.15) is 60.8 Å². The summed E-state index contributed by atoms with van der Waals surface area (Å²) >= 11 is 0. The molecule has 2 saturated heterocycles. The first-order valence-electron chi connectivity index (χ1n) is 9.95. The second-order valence-corrected chi connectivity index (χ2v) is 12.1. The number of hydrogen-bond donors (Lipinski definition) is 1. The van der Waals surface area contributed by atoms with Crippen molar-refractivity contribution in [2.24, 2.45) is 11.3 Å². The Bertz CT molecular complexity index is 502. The van der Waals surface area contributed by atoms with Gasteiger partial charge in [0.1, 0.15) is 5.60 Å². The van der Waals surface area contributed by atoms with Crippen LogP contribution >= 0.6 is 7.92 Å². The molecule has 0 bridgehead atoms. The van der Waals surface area contributed by atoms with E-state index < -0.39 is 13.5 Å². The zero-order chi connectivity index (χ0) is 19.5. The van der Waals surface area contributed by atoms with Crippen LogP contribution in [0.15, 0.2) is 0 Å². The van der Waals surface area contributed by atoms with E-state index in [9.17, 15) is 9.59 Å². The van der Waals surface area contributed by atoms with Gasteiger partial charge >= 0.3 is 5.71 Å². The molecule has 0 spiro atoms. The molecule has 0 radical (unpaired) electrons. The number of nitrogens with zero attached hydrogens (tertiary/aromatic N) is 1. The van der Waals surface area contributed by atoms with Crippen molar-refractivity contribution in [3.05, 3.63) is 0 Å². The standard InChI is InChI=1S/C20H37N2O3P/c1-19(2,3)16-14-21-9-10-22(16)17(23)13-15-7-11-26(12-8-15)18(24)25-20(4,5)6/h15-16,21H,7-14H2,1-6H3. The molecule has 5 nitrogen and oxygen atoms in total. The van der Waals surface area contributed by atoms with Gasteiger partial charge < -0.3 is 15.0 Å². The van der Waals surface area contributed by atoms with Crippen molar-refractivity contribution in [1.82, 2.24) is 10.2 Å². The van der Waals surface area contributed by atoms with Gasteiger partial charge in [0.15, 0.2) is 0 Å². The SMILES string of the molecule is CC(C)(C)OC(=O)P1CCC(CC(=O)N2CCNCC2C(C)(C)C)CC1. The Morgan fingerprint density at radius 3 is 2.27 bits per heavy atom. The van der Waals surface area contributed by atoms with E-state index in [1.54, 1.807) is 0 Å². The van der Waals surface area contributed by atoms with Crippen LogP contribution < -0.4 is 5.32 Å². The van der Waals surface area contributed by atoms with Crippen molar-refractivity contribution < 1.29 is 14.3 Å². The first-order valence-corrected chi connectivity index (χ1v) is 11.7. The summed E-state index contributed by atoms with van der Waals surface area (Å²) in [5.41, 5.74) is -0.329. The highest BCUT2D eigenvalue weighted by molar-refractivity contribution is 7.74. The van der Waals surface area contributed by atoms with Gasteiger partial charge in [-0.2, -0.15) is 0 Å². The number of amides is 1. The normalized spacial score (nSPS) is 27.9. The van der Waals surface area contributed by atoms with E-state index in [4.69, 9.17) is 4.74 Å². The third-order valence-corrected chi connectivity index (χ3v) is 7.50. The van der Waals surface area contributed by atoms with Crippen LogP contribution in [0.4, 0.5) is 4.79 Å². The molecule has 6 heteroatoms. The molecule has 1 N–H and O–H groups in total. The first kappa shape index (κ1) is 21.6. The summed E-state index contributed by atoms with van der Waals surface area (Å²) < 4.78 is 5.55. The average molecular weight is 385 g/mol. The molecule has 0 saturated carbocycles. The largest absolute Gasteiger partial charge is 0.457 e. The Hall–Kier alpha value is -0.670. The van der Waals surface area contributed by atoms with E-state index in [2.05, 4.69) is 31.0 Å². The fourth-order valence-corrected chi connectivity index (χ4v) is 6.13. The Kier molecular flexibility index (Phi) is 7.12. The van der Waals surface area contributed by atoms with Crippen molar-refractivity contribution in [3.63, 3.8) is 0 Å². The van der Waals surface area contributed by atoms with Gasteiger partial charge in [0.05, 0.1) is 0 Å². The van der Waals surface area contributed by atoms with Crippen LogP contribution in [-0.4, -0.2) is 60.1 Å². The number of carbonyl (C=O) groups is 2. The zero-order valence-electron chi connectivity index (χ0n) is 17.4. The van der Waals surface area contributed by atoms with Crippen LogP contribution in [0, 0.1) is 11.3 Å². The molecular weight excluding hydrogens is 347 g/mol. The quantitative estimate of drug-likeness (QED) is 0.746. The van der Waals surface area contributed by atoms with E-state index in [-0.39, 0.29) is 17.2 Å². The Morgan fingerprint density at radius 1 is 1.12 bits per heavy atom. The summed E-state index contributed by atoms with van der Waals surface area (Å²) in [6.45, 7) is 15.0. The molecule has 0 aromatic heterocycles. The minimum atomic E-state index is -0.687. The minimum Gasteiger partial charge on any atom is -0.457 e. The molecular formula is C20H37N2O3P. The van der Waals surface area contributed by atoms with E-state index in [0.717, 1.165) is 44.8 Å². The van der Waals surface area contributed by atoms with Gasteiger partial charge in [-0.25, -0.2) is 4.79 Å². The fourth-order valence-electron chi connectivity index (χ4n) is 3.79. The van der Waals surface area contributed by atoms with Crippen molar-refractivity contribution in [2.75, 3.05) is 32.0 Å². The number of rotatable bonds is 3. The van der Waals surface area contributed by atoms with E-state index in [1.807, 2.05) is 20.8 Å². The van der Waals surface area contributed by atoms with E-state index >= 15 is 0 Å². The maximum Gasteiger partial charge on any atom is 0.326 e. The lowest BCUT2D eigenvalue weighted by Crippen LogP contribution is -2.58. The molecule has 1 atom stereocenters. The van der Waals surface area contributed by atoms with Crippen molar-refractivity contribution >= 4 is 19.5 Å². The number of nitrogens with one attached hydrogen (secondary N) is 1. The summed E-state index contributed by atoms with van der Waals surface area (Å²) in [5.74, 6) is 0.708.